The van der Waals surface area contributed by atoms with Gasteiger partial charge in [-0.25, -0.2) is 0 Å². The Morgan fingerprint density at radius 1 is 1.25 bits per heavy atom. The minimum Gasteiger partial charge on any atom is -0.480 e. The third-order valence-electron chi connectivity index (χ3n) is 2.55. The molecule has 0 fully saturated rings. The molecule has 20 heavy (non-hydrogen) atoms. The zero-order valence-corrected chi connectivity index (χ0v) is 12.6. The average molecular weight is 309 g/mol. The fourth-order valence-corrected chi connectivity index (χ4v) is 3.20. The van der Waals surface area contributed by atoms with E-state index in [2.05, 4.69) is 4.72 Å². The quantitative estimate of drug-likeness (QED) is 0.481. The van der Waals surface area contributed by atoms with Crippen molar-refractivity contribution in [3.8, 4) is 0 Å². The lowest BCUT2D eigenvalue weighted by Crippen LogP contribution is -2.49. The Labute approximate surface area is 119 Å². The van der Waals surface area contributed by atoms with Gasteiger partial charge in [0.25, 0.3) is 10.2 Å². The number of hydrogen-bond donors (Lipinski definition) is 3. The van der Waals surface area contributed by atoms with E-state index in [9.17, 15) is 18.0 Å². The van der Waals surface area contributed by atoms with Gasteiger partial charge in [0.1, 0.15) is 6.04 Å². The Hall–Kier alpha value is -1.19. The molecule has 1 amide bonds. The maximum Gasteiger partial charge on any atom is 0.321 e. The second-order valence-electron chi connectivity index (χ2n) is 4.42. The SMILES string of the molecule is CCCN(CCC)S(=O)(=O)N[C@@H](CCC(N)=O)C(=O)O. The molecule has 0 saturated carbocycles. The molecule has 0 saturated heterocycles. The Morgan fingerprint density at radius 3 is 2.10 bits per heavy atom. The summed E-state index contributed by atoms with van der Waals surface area (Å²) in [5.74, 6) is -2.00. The number of carbonyl (C=O) groups is 2. The molecule has 0 bridgehead atoms. The number of nitrogens with one attached hydrogen (secondary N) is 1. The summed E-state index contributed by atoms with van der Waals surface area (Å²) < 4.78 is 27.5. The Bertz CT molecular complexity index is 418. The van der Waals surface area contributed by atoms with Gasteiger partial charge in [0.15, 0.2) is 0 Å². The molecule has 0 rings (SSSR count). The largest absolute Gasteiger partial charge is 0.480 e. The van der Waals surface area contributed by atoms with E-state index < -0.39 is 28.1 Å². The summed E-state index contributed by atoms with van der Waals surface area (Å²) in [4.78, 5) is 21.7. The molecule has 118 valence electrons. The number of nitrogens with zero attached hydrogens (tertiary/aromatic N) is 1. The zero-order chi connectivity index (χ0) is 15.8. The summed E-state index contributed by atoms with van der Waals surface area (Å²) in [6, 6.07) is -1.36. The van der Waals surface area contributed by atoms with Gasteiger partial charge in [-0.2, -0.15) is 17.4 Å². The molecule has 1 atom stereocenters. The summed E-state index contributed by atoms with van der Waals surface area (Å²) in [7, 11) is -3.89. The van der Waals surface area contributed by atoms with Crippen molar-refractivity contribution in [3.63, 3.8) is 0 Å². The van der Waals surface area contributed by atoms with Gasteiger partial charge in [-0.1, -0.05) is 13.8 Å². The number of amides is 1. The summed E-state index contributed by atoms with van der Waals surface area (Å²) in [5, 5.41) is 8.99. The molecular weight excluding hydrogens is 286 g/mol. The predicted octanol–water partition coefficient (Wildman–Crippen LogP) is -0.338. The number of rotatable bonds is 11. The Morgan fingerprint density at radius 2 is 1.75 bits per heavy atom. The first-order chi connectivity index (χ1) is 9.24. The molecular formula is C11H23N3O5S. The van der Waals surface area contributed by atoms with Crippen molar-refractivity contribution in [3.05, 3.63) is 0 Å². The van der Waals surface area contributed by atoms with E-state index in [0.29, 0.717) is 25.9 Å². The molecule has 0 unspecified atom stereocenters. The lowest BCUT2D eigenvalue weighted by Gasteiger charge is -2.23. The molecule has 0 aliphatic rings. The van der Waals surface area contributed by atoms with Crippen LogP contribution in [-0.2, 0) is 19.8 Å². The molecule has 0 aliphatic carbocycles. The standard InChI is InChI=1S/C11H23N3O5S/c1-3-7-14(8-4-2)20(18,19)13-9(11(16)17)5-6-10(12)15/h9,13H,3-8H2,1-2H3,(H2,12,15)(H,16,17)/t9-/m0/s1. The van der Waals surface area contributed by atoms with E-state index in [0.717, 1.165) is 0 Å². The van der Waals surface area contributed by atoms with Crippen LogP contribution >= 0.6 is 0 Å². The van der Waals surface area contributed by atoms with E-state index in [1.807, 2.05) is 13.8 Å². The van der Waals surface area contributed by atoms with Crippen LogP contribution in [0, 0.1) is 0 Å². The molecule has 4 N–H and O–H groups in total. The van der Waals surface area contributed by atoms with Gasteiger partial charge >= 0.3 is 5.97 Å². The summed E-state index contributed by atoms with van der Waals surface area (Å²) in [6.07, 6.45) is 0.886. The van der Waals surface area contributed by atoms with Crippen LogP contribution in [0.5, 0.6) is 0 Å². The normalized spacial score (nSPS) is 13.3. The molecule has 0 heterocycles. The maximum absolute atomic E-state index is 12.1. The van der Waals surface area contributed by atoms with Crippen LogP contribution in [0.3, 0.4) is 0 Å². The van der Waals surface area contributed by atoms with Crippen LogP contribution in [0.2, 0.25) is 0 Å². The van der Waals surface area contributed by atoms with E-state index in [-0.39, 0.29) is 12.8 Å². The smallest absolute Gasteiger partial charge is 0.321 e. The fraction of sp³-hybridized carbons (Fsp3) is 0.818. The maximum atomic E-state index is 12.1. The summed E-state index contributed by atoms with van der Waals surface area (Å²) in [5.41, 5.74) is 4.94. The number of nitrogens with two attached hydrogens (primary N) is 1. The van der Waals surface area contributed by atoms with Gasteiger partial charge < -0.3 is 10.8 Å². The highest BCUT2D eigenvalue weighted by Gasteiger charge is 2.28. The molecule has 0 aromatic carbocycles. The second kappa shape index (κ2) is 8.88. The van der Waals surface area contributed by atoms with Gasteiger partial charge in [0.05, 0.1) is 0 Å². The highest BCUT2D eigenvalue weighted by molar-refractivity contribution is 7.87. The zero-order valence-electron chi connectivity index (χ0n) is 11.8. The molecule has 8 nitrogen and oxygen atoms in total. The molecule has 0 aliphatic heterocycles. The van der Waals surface area contributed by atoms with Crippen molar-refractivity contribution in [2.24, 2.45) is 5.73 Å². The lowest BCUT2D eigenvalue weighted by atomic mass is 10.2. The van der Waals surface area contributed by atoms with Crippen molar-refractivity contribution >= 4 is 22.1 Å². The molecule has 0 aromatic heterocycles. The highest BCUT2D eigenvalue weighted by atomic mass is 32.2. The fourth-order valence-electron chi connectivity index (χ4n) is 1.62. The van der Waals surface area contributed by atoms with Crippen LogP contribution < -0.4 is 10.5 Å². The van der Waals surface area contributed by atoms with Gasteiger partial charge in [-0.05, 0) is 19.3 Å². The van der Waals surface area contributed by atoms with Gasteiger partial charge in [-0.15, -0.1) is 0 Å². The number of carboxylic acids is 1. The van der Waals surface area contributed by atoms with Crippen LogP contribution in [0.4, 0.5) is 0 Å². The van der Waals surface area contributed by atoms with Crippen molar-refractivity contribution in [1.29, 1.82) is 0 Å². The summed E-state index contributed by atoms with van der Waals surface area (Å²) >= 11 is 0. The predicted molar refractivity (Wildman–Crippen MR) is 74.1 cm³/mol. The van der Waals surface area contributed by atoms with Crippen molar-refractivity contribution in [2.75, 3.05) is 13.1 Å². The molecule has 0 aromatic rings. The van der Waals surface area contributed by atoms with Crippen LogP contribution in [-0.4, -0.2) is 48.8 Å². The van der Waals surface area contributed by atoms with E-state index in [1.165, 1.54) is 4.31 Å². The molecule has 0 spiro atoms. The topological polar surface area (TPSA) is 130 Å². The number of carboxylic acid groups (broad SMARTS) is 1. The van der Waals surface area contributed by atoms with Crippen LogP contribution in [0.1, 0.15) is 39.5 Å². The van der Waals surface area contributed by atoms with E-state index in [1.54, 1.807) is 0 Å². The van der Waals surface area contributed by atoms with Crippen molar-refractivity contribution in [2.45, 2.75) is 45.6 Å². The Balaban J connectivity index is 4.88. The first-order valence-corrected chi connectivity index (χ1v) is 7.97. The summed E-state index contributed by atoms with van der Waals surface area (Å²) in [6.45, 7) is 4.29. The highest BCUT2D eigenvalue weighted by Crippen LogP contribution is 2.06. The minimum atomic E-state index is -3.89. The number of hydrogen-bond acceptors (Lipinski definition) is 4. The molecule has 0 radical (unpaired) electrons. The minimum absolute atomic E-state index is 0.171. The van der Waals surface area contributed by atoms with Gasteiger partial charge in [-0.3, -0.25) is 9.59 Å². The van der Waals surface area contributed by atoms with Gasteiger partial charge in [0.2, 0.25) is 5.91 Å². The van der Waals surface area contributed by atoms with Gasteiger partial charge in [0, 0.05) is 19.5 Å². The van der Waals surface area contributed by atoms with E-state index in [4.69, 9.17) is 10.8 Å². The third kappa shape index (κ3) is 6.83. The average Bonchev–Trinajstić information content (AvgIpc) is 2.33. The number of primary amides is 1. The lowest BCUT2D eigenvalue weighted by molar-refractivity contribution is -0.139. The van der Waals surface area contributed by atoms with Crippen LogP contribution in [0.15, 0.2) is 0 Å². The number of aliphatic carboxylic acids is 1. The molecule has 9 heteroatoms. The first-order valence-electron chi connectivity index (χ1n) is 6.53. The van der Waals surface area contributed by atoms with Crippen molar-refractivity contribution < 1.29 is 23.1 Å². The second-order valence-corrected chi connectivity index (χ2v) is 6.12. The first kappa shape index (κ1) is 18.8. The number of carbonyl (C=O) groups excluding carboxylic acids is 1. The van der Waals surface area contributed by atoms with Crippen LogP contribution in [0.25, 0.3) is 0 Å². The van der Waals surface area contributed by atoms with E-state index >= 15 is 0 Å². The van der Waals surface area contributed by atoms with Crippen molar-refractivity contribution in [1.82, 2.24) is 9.03 Å². The Kier molecular flexibility index (Phi) is 8.35. The third-order valence-corrected chi connectivity index (χ3v) is 4.18. The monoisotopic (exact) mass is 309 g/mol.